The molecule has 1 atom stereocenters. The zero-order valence-corrected chi connectivity index (χ0v) is 19.2. The van der Waals surface area contributed by atoms with Crippen LogP contribution >= 0.6 is 0 Å². The van der Waals surface area contributed by atoms with Gasteiger partial charge in [-0.2, -0.15) is 0 Å². The summed E-state index contributed by atoms with van der Waals surface area (Å²) < 4.78 is 5.34. The third-order valence-corrected chi connectivity index (χ3v) is 7.42. The molecule has 1 N–H and O–H groups in total. The van der Waals surface area contributed by atoms with Crippen molar-refractivity contribution in [2.75, 3.05) is 32.7 Å². The lowest BCUT2D eigenvalue weighted by Crippen LogP contribution is -2.46. The van der Waals surface area contributed by atoms with Crippen molar-refractivity contribution in [2.24, 2.45) is 5.92 Å². The number of piperidine rings is 2. The van der Waals surface area contributed by atoms with Crippen molar-refractivity contribution in [3.05, 3.63) is 35.4 Å². The number of likely N-dealkylation sites (tertiary alicyclic amines) is 2. The molecular weight excluding hydrogens is 390 g/mol. The molecule has 0 aromatic heterocycles. The molecule has 0 unspecified atom stereocenters. The van der Waals surface area contributed by atoms with Crippen LogP contribution in [0, 0.1) is 5.92 Å². The van der Waals surface area contributed by atoms with Crippen molar-refractivity contribution < 1.29 is 14.3 Å². The van der Waals surface area contributed by atoms with Crippen molar-refractivity contribution in [3.8, 4) is 0 Å². The highest BCUT2D eigenvalue weighted by atomic mass is 16.6. The van der Waals surface area contributed by atoms with Crippen LogP contribution in [0.15, 0.2) is 24.3 Å². The summed E-state index contributed by atoms with van der Waals surface area (Å²) >= 11 is 0. The Balaban J connectivity index is 1.30. The van der Waals surface area contributed by atoms with Gasteiger partial charge in [-0.1, -0.05) is 24.3 Å². The van der Waals surface area contributed by atoms with Gasteiger partial charge >= 0.3 is 6.09 Å². The first-order chi connectivity index (χ1) is 14.9. The number of nitrogens with one attached hydrogen (secondary N) is 1. The van der Waals surface area contributed by atoms with Crippen molar-refractivity contribution >= 4 is 12.0 Å². The molecule has 2 amide bonds. The van der Waals surface area contributed by atoms with E-state index in [2.05, 4.69) is 34.5 Å². The molecule has 6 heteroatoms. The number of ether oxygens (including phenoxy) is 1. The van der Waals surface area contributed by atoms with Gasteiger partial charge in [0.1, 0.15) is 0 Å². The van der Waals surface area contributed by atoms with Crippen LogP contribution in [-0.4, -0.2) is 60.6 Å². The molecule has 4 rings (SSSR count). The molecule has 2 aliphatic heterocycles. The van der Waals surface area contributed by atoms with Crippen LogP contribution in [-0.2, 0) is 14.9 Å². The number of benzene rings is 1. The van der Waals surface area contributed by atoms with E-state index in [1.165, 1.54) is 11.1 Å². The summed E-state index contributed by atoms with van der Waals surface area (Å²) in [7, 11) is 0. The standard InChI is InChI=1S/C25H37N3O3/c1-18(2)31-24(30)28-12-8-20(9-13-28)17-27-14-10-25(11-15-27)16-23(26-19(3)29)21-6-4-5-7-22(21)25/h4-7,18,20,23H,8-17H2,1-3H3,(H,26,29)/t23-/m0/s1. The zero-order valence-electron chi connectivity index (χ0n) is 19.2. The summed E-state index contributed by atoms with van der Waals surface area (Å²) in [6.45, 7) is 10.4. The van der Waals surface area contributed by atoms with Gasteiger partial charge in [-0.05, 0) is 76.1 Å². The van der Waals surface area contributed by atoms with E-state index in [-0.39, 0.29) is 29.6 Å². The van der Waals surface area contributed by atoms with E-state index in [1.54, 1.807) is 6.92 Å². The molecule has 31 heavy (non-hydrogen) atoms. The normalized spacial score (nSPS) is 23.7. The van der Waals surface area contributed by atoms with Gasteiger partial charge in [0, 0.05) is 32.0 Å². The molecule has 1 aliphatic carbocycles. The Hall–Kier alpha value is -2.08. The molecule has 2 heterocycles. The first-order valence-electron chi connectivity index (χ1n) is 11.9. The van der Waals surface area contributed by atoms with Crippen LogP contribution in [0.1, 0.15) is 70.0 Å². The van der Waals surface area contributed by atoms with Crippen molar-refractivity contribution in [2.45, 2.75) is 70.4 Å². The van der Waals surface area contributed by atoms with E-state index in [1.807, 2.05) is 18.7 Å². The van der Waals surface area contributed by atoms with Crippen LogP contribution in [0.4, 0.5) is 4.79 Å². The van der Waals surface area contributed by atoms with Crippen LogP contribution < -0.4 is 5.32 Å². The first-order valence-corrected chi connectivity index (χ1v) is 11.9. The highest BCUT2D eigenvalue weighted by Crippen LogP contribution is 2.50. The summed E-state index contributed by atoms with van der Waals surface area (Å²) in [6.07, 6.45) is 5.22. The fourth-order valence-corrected chi connectivity index (χ4v) is 5.85. The van der Waals surface area contributed by atoms with Gasteiger partial charge in [-0.25, -0.2) is 4.79 Å². The van der Waals surface area contributed by atoms with Gasteiger partial charge in [-0.15, -0.1) is 0 Å². The SMILES string of the molecule is CC(=O)N[C@H]1CC2(CCN(CC3CCN(C(=O)OC(C)C)CC3)CC2)c2ccccc21. The molecule has 1 aromatic rings. The number of carbonyl (C=O) groups excluding carboxylic acids is 2. The molecule has 0 radical (unpaired) electrons. The minimum absolute atomic E-state index is 0.0536. The summed E-state index contributed by atoms with van der Waals surface area (Å²) in [5.74, 6) is 0.707. The molecule has 6 nitrogen and oxygen atoms in total. The summed E-state index contributed by atoms with van der Waals surface area (Å²) in [6, 6.07) is 8.84. The molecule has 1 aromatic carbocycles. The molecule has 3 aliphatic rings. The number of carbonyl (C=O) groups is 2. The average Bonchev–Trinajstić information content (AvgIpc) is 3.03. The topological polar surface area (TPSA) is 61.9 Å². The van der Waals surface area contributed by atoms with Crippen LogP contribution in [0.2, 0.25) is 0 Å². The second-order valence-corrected chi connectivity index (χ2v) is 9.99. The summed E-state index contributed by atoms with van der Waals surface area (Å²) in [4.78, 5) is 28.3. The monoisotopic (exact) mass is 427 g/mol. The van der Waals surface area contributed by atoms with E-state index < -0.39 is 0 Å². The van der Waals surface area contributed by atoms with Gasteiger partial charge in [0.2, 0.25) is 5.91 Å². The highest BCUT2D eigenvalue weighted by molar-refractivity contribution is 5.74. The minimum Gasteiger partial charge on any atom is -0.447 e. The van der Waals surface area contributed by atoms with Crippen molar-refractivity contribution in [1.29, 1.82) is 0 Å². The highest BCUT2D eigenvalue weighted by Gasteiger charge is 2.45. The molecule has 0 bridgehead atoms. The third kappa shape index (κ3) is 4.89. The fraction of sp³-hybridized carbons (Fsp3) is 0.680. The van der Waals surface area contributed by atoms with Crippen molar-refractivity contribution in [1.82, 2.24) is 15.1 Å². The maximum Gasteiger partial charge on any atom is 0.410 e. The van der Waals surface area contributed by atoms with E-state index in [9.17, 15) is 9.59 Å². The molecule has 0 saturated carbocycles. The molecule has 170 valence electrons. The molecular formula is C25H37N3O3. The lowest BCUT2D eigenvalue weighted by atomic mass is 9.73. The van der Waals surface area contributed by atoms with Gasteiger partial charge in [0.05, 0.1) is 12.1 Å². The van der Waals surface area contributed by atoms with Crippen LogP contribution in [0.5, 0.6) is 0 Å². The van der Waals surface area contributed by atoms with Crippen LogP contribution in [0.3, 0.4) is 0 Å². The summed E-state index contributed by atoms with van der Waals surface area (Å²) in [5, 5.41) is 3.18. The maximum atomic E-state index is 12.1. The Bertz CT molecular complexity index is 793. The molecule has 2 fully saturated rings. The Morgan fingerprint density at radius 2 is 1.81 bits per heavy atom. The Morgan fingerprint density at radius 3 is 2.45 bits per heavy atom. The maximum absolute atomic E-state index is 12.1. The van der Waals surface area contributed by atoms with Crippen LogP contribution in [0.25, 0.3) is 0 Å². The van der Waals surface area contributed by atoms with Gasteiger partial charge in [0.25, 0.3) is 0 Å². The van der Waals surface area contributed by atoms with Gasteiger partial charge in [0.15, 0.2) is 0 Å². The predicted molar refractivity (Wildman–Crippen MR) is 121 cm³/mol. The number of hydrogen-bond donors (Lipinski definition) is 1. The molecule has 2 saturated heterocycles. The quantitative estimate of drug-likeness (QED) is 0.793. The fourth-order valence-electron chi connectivity index (χ4n) is 5.85. The Kier molecular flexibility index (Phi) is 6.56. The number of amides is 2. The minimum atomic E-state index is -0.165. The van der Waals surface area contributed by atoms with E-state index >= 15 is 0 Å². The van der Waals surface area contributed by atoms with Crippen molar-refractivity contribution in [3.63, 3.8) is 0 Å². The smallest absolute Gasteiger partial charge is 0.410 e. The second kappa shape index (κ2) is 9.19. The second-order valence-electron chi connectivity index (χ2n) is 9.99. The number of rotatable bonds is 4. The predicted octanol–water partition coefficient (Wildman–Crippen LogP) is 3.86. The van der Waals surface area contributed by atoms with E-state index in [0.29, 0.717) is 5.92 Å². The number of nitrogens with zero attached hydrogens (tertiary/aromatic N) is 2. The third-order valence-electron chi connectivity index (χ3n) is 7.42. The molecule has 1 spiro atoms. The lowest BCUT2D eigenvalue weighted by molar-refractivity contribution is -0.119. The largest absolute Gasteiger partial charge is 0.447 e. The zero-order chi connectivity index (χ0) is 22.0. The Labute approximate surface area is 186 Å². The average molecular weight is 428 g/mol. The van der Waals surface area contributed by atoms with E-state index in [0.717, 1.165) is 64.8 Å². The van der Waals surface area contributed by atoms with Gasteiger partial charge in [-0.3, -0.25) is 4.79 Å². The van der Waals surface area contributed by atoms with E-state index in [4.69, 9.17) is 4.74 Å². The van der Waals surface area contributed by atoms with Gasteiger partial charge < -0.3 is 19.9 Å². The number of hydrogen-bond acceptors (Lipinski definition) is 4. The lowest BCUT2D eigenvalue weighted by Gasteiger charge is -2.42. The number of fused-ring (bicyclic) bond motifs is 2. The Morgan fingerprint density at radius 1 is 1.13 bits per heavy atom. The summed E-state index contributed by atoms with van der Waals surface area (Å²) in [5.41, 5.74) is 2.96. The first kappa shape index (κ1) is 22.1.